The average Bonchev–Trinajstić information content (AvgIpc) is 3.03. The quantitative estimate of drug-likeness (QED) is 0.780. The summed E-state index contributed by atoms with van der Waals surface area (Å²) in [5.41, 5.74) is 1.64. The minimum Gasteiger partial charge on any atom is -0.354 e. The van der Waals surface area contributed by atoms with Crippen LogP contribution in [0.5, 0.6) is 0 Å². The Bertz CT molecular complexity index is 771. The van der Waals surface area contributed by atoms with Crippen molar-refractivity contribution in [2.24, 2.45) is 0 Å². The maximum Gasteiger partial charge on any atom is 0.232 e. The van der Waals surface area contributed by atoms with Gasteiger partial charge >= 0.3 is 0 Å². The number of rotatable bonds is 8. The Hall–Kier alpha value is -1.86. The first kappa shape index (κ1) is 18.5. The lowest BCUT2D eigenvalue weighted by Crippen LogP contribution is -2.39. The van der Waals surface area contributed by atoms with Crippen LogP contribution in [0.25, 0.3) is 0 Å². The molecule has 2 aromatic rings. The third-order valence-electron chi connectivity index (χ3n) is 3.59. The van der Waals surface area contributed by atoms with Gasteiger partial charge in [0.1, 0.15) is 0 Å². The number of benzene rings is 1. The first-order valence-corrected chi connectivity index (χ1v) is 10.5. The van der Waals surface area contributed by atoms with Crippen LogP contribution < -0.4 is 9.62 Å². The Balaban J connectivity index is 2.01. The molecule has 1 aromatic carbocycles. The van der Waals surface area contributed by atoms with Gasteiger partial charge in [-0.3, -0.25) is 9.10 Å². The fourth-order valence-electron chi connectivity index (χ4n) is 2.45. The third-order valence-corrected chi connectivity index (χ3v) is 5.65. The van der Waals surface area contributed by atoms with Gasteiger partial charge in [-0.25, -0.2) is 8.42 Å². The number of sulfonamides is 1. The largest absolute Gasteiger partial charge is 0.354 e. The van der Waals surface area contributed by atoms with Gasteiger partial charge in [0.2, 0.25) is 15.9 Å². The maximum absolute atomic E-state index is 12.1. The molecule has 1 N–H and O–H groups in total. The SMILES string of the molecule is CCc1ccccc1N(CCNC(=O)Cc1cccs1)S(C)(=O)=O. The van der Waals surface area contributed by atoms with E-state index in [2.05, 4.69) is 5.32 Å². The minimum absolute atomic E-state index is 0.102. The van der Waals surface area contributed by atoms with Crippen LogP contribution in [0.4, 0.5) is 5.69 Å². The summed E-state index contributed by atoms with van der Waals surface area (Å²) < 4.78 is 25.7. The van der Waals surface area contributed by atoms with Crippen LogP contribution in [0.3, 0.4) is 0 Å². The van der Waals surface area contributed by atoms with Crippen LogP contribution in [0, 0.1) is 0 Å². The number of aryl methyl sites for hydroxylation is 1. The zero-order chi connectivity index (χ0) is 17.6. The number of carbonyl (C=O) groups is 1. The minimum atomic E-state index is -3.41. The summed E-state index contributed by atoms with van der Waals surface area (Å²) >= 11 is 1.53. The number of nitrogens with one attached hydrogen (secondary N) is 1. The van der Waals surface area contributed by atoms with E-state index in [1.165, 1.54) is 21.9 Å². The van der Waals surface area contributed by atoms with E-state index in [0.29, 0.717) is 12.1 Å². The van der Waals surface area contributed by atoms with Gasteiger partial charge in [0.15, 0.2) is 0 Å². The number of hydrogen-bond acceptors (Lipinski definition) is 4. The fourth-order valence-corrected chi connectivity index (χ4v) is 4.11. The lowest BCUT2D eigenvalue weighted by atomic mass is 10.1. The van der Waals surface area contributed by atoms with E-state index in [4.69, 9.17) is 0 Å². The van der Waals surface area contributed by atoms with Crippen LogP contribution >= 0.6 is 11.3 Å². The van der Waals surface area contributed by atoms with Gasteiger partial charge in [-0.2, -0.15) is 0 Å². The van der Waals surface area contributed by atoms with Crippen molar-refractivity contribution in [3.63, 3.8) is 0 Å². The summed E-state index contributed by atoms with van der Waals surface area (Å²) in [6, 6.07) is 11.2. The van der Waals surface area contributed by atoms with Crippen molar-refractivity contribution in [3.05, 3.63) is 52.2 Å². The molecule has 0 atom stereocenters. The number of thiophene rings is 1. The summed E-state index contributed by atoms with van der Waals surface area (Å²) in [6.45, 7) is 2.48. The van der Waals surface area contributed by atoms with E-state index in [-0.39, 0.29) is 19.0 Å². The van der Waals surface area contributed by atoms with Gasteiger partial charge < -0.3 is 5.32 Å². The van der Waals surface area contributed by atoms with Crippen LogP contribution in [0.1, 0.15) is 17.4 Å². The number of hydrogen-bond donors (Lipinski definition) is 1. The first-order valence-electron chi connectivity index (χ1n) is 7.76. The highest BCUT2D eigenvalue weighted by Crippen LogP contribution is 2.22. The highest BCUT2D eigenvalue weighted by atomic mass is 32.2. The molecule has 24 heavy (non-hydrogen) atoms. The molecule has 7 heteroatoms. The van der Waals surface area contributed by atoms with Gasteiger partial charge in [-0.05, 0) is 29.5 Å². The standard InChI is InChI=1S/C17H22N2O3S2/c1-3-14-7-4-5-9-16(14)19(24(2,21)22)11-10-18-17(20)13-15-8-6-12-23-15/h4-9,12H,3,10-11,13H2,1-2H3,(H,18,20). The molecule has 0 saturated heterocycles. The van der Waals surface area contributed by atoms with Crippen LogP contribution in [0.2, 0.25) is 0 Å². The smallest absolute Gasteiger partial charge is 0.232 e. The summed E-state index contributed by atoms with van der Waals surface area (Å²) in [5, 5.41) is 4.72. The van der Waals surface area contributed by atoms with Crippen molar-refractivity contribution in [3.8, 4) is 0 Å². The third kappa shape index (κ3) is 5.07. The van der Waals surface area contributed by atoms with Gasteiger partial charge in [0.05, 0.1) is 24.9 Å². The highest BCUT2D eigenvalue weighted by Gasteiger charge is 2.19. The van der Waals surface area contributed by atoms with Crippen molar-refractivity contribution >= 4 is 33.0 Å². The Morgan fingerprint density at radius 1 is 1.21 bits per heavy atom. The van der Waals surface area contributed by atoms with Gasteiger partial charge in [0.25, 0.3) is 0 Å². The van der Waals surface area contributed by atoms with Crippen LogP contribution in [-0.2, 0) is 27.7 Å². The molecule has 5 nitrogen and oxygen atoms in total. The molecule has 0 bridgehead atoms. The molecule has 0 aliphatic heterocycles. The Morgan fingerprint density at radius 2 is 1.96 bits per heavy atom. The Kier molecular flexibility index (Phi) is 6.39. The van der Waals surface area contributed by atoms with Crippen molar-refractivity contribution in [2.75, 3.05) is 23.7 Å². The van der Waals surface area contributed by atoms with Gasteiger partial charge in [0, 0.05) is 11.4 Å². The highest BCUT2D eigenvalue weighted by molar-refractivity contribution is 7.92. The monoisotopic (exact) mass is 366 g/mol. The number of amides is 1. The Labute approximate surface area is 147 Å². The van der Waals surface area contributed by atoms with Crippen molar-refractivity contribution in [1.82, 2.24) is 5.32 Å². The molecule has 1 heterocycles. The molecular weight excluding hydrogens is 344 g/mol. The van der Waals surface area contributed by atoms with E-state index in [1.54, 1.807) is 6.07 Å². The zero-order valence-electron chi connectivity index (χ0n) is 13.9. The first-order chi connectivity index (χ1) is 11.4. The molecule has 0 aliphatic carbocycles. The molecule has 2 rings (SSSR count). The molecular formula is C17H22N2O3S2. The zero-order valence-corrected chi connectivity index (χ0v) is 15.5. The summed E-state index contributed by atoms with van der Waals surface area (Å²) in [4.78, 5) is 12.9. The molecule has 0 fully saturated rings. The lowest BCUT2D eigenvalue weighted by molar-refractivity contribution is -0.120. The predicted molar refractivity (Wildman–Crippen MR) is 99.0 cm³/mol. The van der Waals surface area contributed by atoms with Crippen LogP contribution in [-0.4, -0.2) is 33.7 Å². The average molecular weight is 367 g/mol. The van der Waals surface area contributed by atoms with E-state index < -0.39 is 10.0 Å². The number of nitrogens with zero attached hydrogens (tertiary/aromatic N) is 1. The van der Waals surface area contributed by atoms with Crippen molar-refractivity contribution in [2.45, 2.75) is 19.8 Å². The van der Waals surface area contributed by atoms with E-state index in [1.807, 2.05) is 42.6 Å². The molecule has 0 unspecified atom stereocenters. The number of para-hydroxylation sites is 1. The molecule has 1 amide bonds. The maximum atomic E-state index is 12.1. The lowest BCUT2D eigenvalue weighted by Gasteiger charge is -2.24. The number of carbonyl (C=O) groups excluding carboxylic acids is 1. The second-order valence-electron chi connectivity index (χ2n) is 5.42. The second-order valence-corrected chi connectivity index (χ2v) is 8.36. The van der Waals surface area contributed by atoms with Gasteiger partial charge in [-0.15, -0.1) is 11.3 Å². The normalized spacial score (nSPS) is 11.2. The fraction of sp³-hybridized carbons (Fsp3) is 0.353. The molecule has 130 valence electrons. The summed E-state index contributed by atoms with van der Waals surface area (Å²) in [6.07, 6.45) is 2.25. The van der Waals surface area contributed by atoms with Gasteiger partial charge in [-0.1, -0.05) is 31.2 Å². The molecule has 0 saturated carbocycles. The molecule has 1 aromatic heterocycles. The predicted octanol–water partition coefficient (Wildman–Crippen LogP) is 2.44. The van der Waals surface area contributed by atoms with E-state index in [9.17, 15) is 13.2 Å². The van der Waals surface area contributed by atoms with Crippen molar-refractivity contribution in [1.29, 1.82) is 0 Å². The van der Waals surface area contributed by atoms with Crippen molar-refractivity contribution < 1.29 is 13.2 Å². The van der Waals surface area contributed by atoms with E-state index >= 15 is 0 Å². The van der Waals surface area contributed by atoms with E-state index in [0.717, 1.165) is 16.9 Å². The Morgan fingerprint density at radius 3 is 2.58 bits per heavy atom. The topological polar surface area (TPSA) is 66.5 Å². The second kappa shape index (κ2) is 8.30. The molecule has 0 spiro atoms. The summed E-state index contributed by atoms with van der Waals surface area (Å²) in [7, 11) is -3.41. The number of anilines is 1. The molecule has 0 radical (unpaired) electrons. The molecule has 0 aliphatic rings. The van der Waals surface area contributed by atoms with Crippen LogP contribution in [0.15, 0.2) is 41.8 Å². The summed E-state index contributed by atoms with van der Waals surface area (Å²) in [5.74, 6) is -0.102.